The molecule has 128 valence electrons. The third-order valence-electron chi connectivity index (χ3n) is 5.17. The molecule has 3 heterocycles. The second-order valence-electron chi connectivity index (χ2n) is 6.43. The molecule has 0 radical (unpaired) electrons. The van der Waals surface area contributed by atoms with Crippen LogP contribution in [0, 0.1) is 0 Å². The van der Waals surface area contributed by atoms with E-state index in [9.17, 15) is 8.42 Å². The summed E-state index contributed by atoms with van der Waals surface area (Å²) in [5, 5.41) is 4.37. The number of anilines is 1. The molecule has 2 aliphatic heterocycles. The molecule has 0 amide bonds. The van der Waals surface area contributed by atoms with Crippen molar-refractivity contribution in [1.29, 1.82) is 0 Å². The number of hydrogen-bond donors (Lipinski definition) is 1. The summed E-state index contributed by atoms with van der Waals surface area (Å²) in [5.74, 6) is 0.158. The number of nitrogens with one attached hydrogen (secondary N) is 1. The molecule has 1 spiro atoms. The molecule has 2 aromatic rings. The second-order valence-corrected chi connectivity index (χ2v) is 9.13. The number of fused-ring (bicyclic) bond motifs is 4. The van der Waals surface area contributed by atoms with Crippen LogP contribution in [0.25, 0.3) is 5.69 Å². The van der Waals surface area contributed by atoms with E-state index in [2.05, 4.69) is 16.0 Å². The van der Waals surface area contributed by atoms with Crippen LogP contribution in [0.15, 0.2) is 36.5 Å². The lowest BCUT2D eigenvalue weighted by Crippen LogP contribution is -2.51. The van der Waals surface area contributed by atoms with Crippen LogP contribution in [-0.2, 0) is 15.6 Å². The molecule has 0 unspecified atom stereocenters. The molecule has 1 aromatic heterocycles. The summed E-state index contributed by atoms with van der Waals surface area (Å²) < 4.78 is 28.1. The van der Waals surface area contributed by atoms with Gasteiger partial charge in [0.25, 0.3) is 0 Å². The maximum Gasteiger partial charge on any atom is 0.213 e. The molecule has 0 bridgehead atoms. The van der Waals surface area contributed by atoms with Crippen molar-refractivity contribution < 1.29 is 8.42 Å². The van der Waals surface area contributed by atoms with Crippen LogP contribution >= 0.6 is 11.6 Å². The molecule has 7 heteroatoms. The Kier molecular flexibility index (Phi) is 3.67. The van der Waals surface area contributed by atoms with E-state index >= 15 is 0 Å². The summed E-state index contributed by atoms with van der Waals surface area (Å²) in [6.45, 7) is 2.78. The van der Waals surface area contributed by atoms with Gasteiger partial charge < -0.3 is 9.88 Å². The topological polar surface area (TPSA) is 54.3 Å². The van der Waals surface area contributed by atoms with Gasteiger partial charge in [0, 0.05) is 30.0 Å². The first-order valence-electron chi connectivity index (χ1n) is 8.19. The Bertz CT molecular complexity index is 883. The van der Waals surface area contributed by atoms with Gasteiger partial charge in [-0.1, -0.05) is 11.6 Å². The van der Waals surface area contributed by atoms with Crippen molar-refractivity contribution in [3.05, 3.63) is 47.2 Å². The van der Waals surface area contributed by atoms with Crippen LogP contribution in [-0.4, -0.2) is 36.1 Å². The highest BCUT2D eigenvalue weighted by atomic mass is 35.5. The Morgan fingerprint density at radius 2 is 2.00 bits per heavy atom. The van der Waals surface area contributed by atoms with Gasteiger partial charge in [-0.25, -0.2) is 12.7 Å². The van der Waals surface area contributed by atoms with Crippen molar-refractivity contribution in [2.75, 3.05) is 24.2 Å². The van der Waals surface area contributed by atoms with Gasteiger partial charge >= 0.3 is 0 Å². The fourth-order valence-corrected chi connectivity index (χ4v) is 5.09. The van der Waals surface area contributed by atoms with Crippen molar-refractivity contribution in [1.82, 2.24) is 8.87 Å². The Morgan fingerprint density at radius 3 is 2.71 bits per heavy atom. The molecule has 4 rings (SSSR count). The molecule has 0 atom stereocenters. The molecule has 2 aliphatic rings. The van der Waals surface area contributed by atoms with Crippen LogP contribution in [0.5, 0.6) is 0 Å². The Morgan fingerprint density at radius 1 is 1.25 bits per heavy atom. The highest BCUT2D eigenvalue weighted by Gasteiger charge is 2.43. The van der Waals surface area contributed by atoms with Crippen molar-refractivity contribution in [3.8, 4) is 5.69 Å². The summed E-state index contributed by atoms with van der Waals surface area (Å²) in [6.07, 6.45) is 3.54. The van der Waals surface area contributed by atoms with Crippen molar-refractivity contribution in [2.24, 2.45) is 0 Å². The van der Waals surface area contributed by atoms with E-state index in [0.29, 0.717) is 18.1 Å². The minimum absolute atomic E-state index is 0.158. The summed E-state index contributed by atoms with van der Waals surface area (Å²) in [7, 11) is -3.13. The SMILES string of the molecule is CCS(=O)(=O)N1CCC2(CC1)Nc1ccc(Cl)cc1-n1cccc12. The van der Waals surface area contributed by atoms with Gasteiger partial charge in [0.2, 0.25) is 10.0 Å². The fraction of sp³-hybridized carbons (Fsp3) is 0.412. The van der Waals surface area contributed by atoms with Gasteiger partial charge in [0.05, 0.1) is 22.7 Å². The summed E-state index contributed by atoms with van der Waals surface area (Å²) >= 11 is 6.16. The lowest BCUT2D eigenvalue weighted by Gasteiger charge is -2.45. The van der Waals surface area contributed by atoms with Gasteiger partial charge in [-0.15, -0.1) is 0 Å². The predicted molar refractivity (Wildman–Crippen MR) is 96.3 cm³/mol. The Balaban J connectivity index is 1.71. The average molecular weight is 366 g/mol. The van der Waals surface area contributed by atoms with Gasteiger partial charge in [-0.05, 0) is 50.1 Å². The van der Waals surface area contributed by atoms with Crippen molar-refractivity contribution in [2.45, 2.75) is 25.3 Å². The number of hydrogen-bond acceptors (Lipinski definition) is 3. The van der Waals surface area contributed by atoms with E-state index < -0.39 is 10.0 Å². The first kappa shape index (κ1) is 16.0. The third-order valence-corrected chi connectivity index (χ3v) is 7.28. The van der Waals surface area contributed by atoms with Crippen LogP contribution < -0.4 is 5.32 Å². The second kappa shape index (κ2) is 5.51. The number of sulfonamides is 1. The first-order valence-corrected chi connectivity index (χ1v) is 10.2. The van der Waals surface area contributed by atoms with Crippen LogP contribution in [0.2, 0.25) is 5.02 Å². The third kappa shape index (κ3) is 2.36. The number of benzene rings is 1. The molecule has 5 nitrogen and oxygen atoms in total. The number of piperidine rings is 1. The van der Waals surface area contributed by atoms with Gasteiger partial charge in [-0.3, -0.25) is 0 Å². The molecule has 0 aliphatic carbocycles. The lowest BCUT2D eigenvalue weighted by molar-refractivity contribution is 0.248. The zero-order valence-corrected chi connectivity index (χ0v) is 15.1. The van der Waals surface area contributed by atoms with E-state index in [1.54, 1.807) is 11.2 Å². The first-order chi connectivity index (χ1) is 11.5. The number of halogens is 1. The molecule has 1 saturated heterocycles. The molecule has 24 heavy (non-hydrogen) atoms. The van der Waals surface area contributed by atoms with E-state index in [4.69, 9.17) is 11.6 Å². The highest BCUT2D eigenvalue weighted by molar-refractivity contribution is 7.89. The largest absolute Gasteiger partial charge is 0.372 e. The van der Waals surface area contributed by atoms with Crippen molar-refractivity contribution >= 4 is 27.3 Å². The van der Waals surface area contributed by atoms with E-state index in [1.165, 1.54) is 5.69 Å². The zero-order chi connectivity index (χ0) is 16.9. The summed E-state index contributed by atoms with van der Waals surface area (Å²) in [4.78, 5) is 0. The van der Waals surface area contributed by atoms with Crippen LogP contribution in [0.3, 0.4) is 0 Å². The number of aromatic nitrogens is 1. The maximum absolute atomic E-state index is 12.1. The van der Waals surface area contributed by atoms with E-state index in [0.717, 1.165) is 24.2 Å². The predicted octanol–water partition coefficient (Wildman–Crippen LogP) is 3.20. The van der Waals surface area contributed by atoms with Crippen molar-refractivity contribution in [3.63, 3.8) is 0 Å². The smallest absolute Gasteiger partial charge is 0.213 e. The van der Waals surface area contributed by atoms with E-state index in [-0.39, 0.29) is 11.3 Å². The van der Waals surface area contributed by atoms with E-state index in [1.807, 2.05) is 30.5 Å². The van der Waals surface area contributed by atoms with Gasteiger partial charge in [0.1, 0.15) is 0 Å². The van der Waals surface area contributed by atoms with Crippen LogP contribution in [0.1, 0.15) is 25.5 Å². The molecular weight excluding hydrogens is 346 g/mol. The Labute approximate surface area is 147 Å². The maximum atomic E-state index is 12.1. The molecule has 1 fully saturated rings. The molecular formula is C17H20ClN3O2S. The summed E-state index contributed by atoms with van der Waals surface area (Å²) in [5.41, 5.74) is 3.02. The normalized spacial score (nSPS) is 19.6. The summed E-state index contributed by atoms with van der Waals surface area (Å²) in [6, 6.07) is 9.98. The average Bonchev–Trinajstić information content (AvgIpc) is 3.07. The standard InChI is InChI=1S/C17H20ClN3O2S/c1-2-24(22,23)20-10-7-17(8-11-20)16-4-3-9-21(16)15-12-13(18)5-6-14(15)19-17/h3-6,9,12,19H,2,7-8,10-11H2,1H3. The zero-order valence-electron chi connectivity index (χ0n) is 13.5. The fourth-order valence-electron chi connectivity index (χ4n) is 3.82. The Hall–Kier alpha value is -1.50. The number of rotatable bonds is 2. The van der Waals surface area contributed by atoms with Gasteiger partial charge in [-0.2, -0.15) is 0 Å². The lowest BCUT2D eigenvalue weighted by atomic mass is 9.83. The molecule has 0 saturated carbocycles. The minimum atomic E-state index is -3.13. The molecule has 1 aromatic carbocycles. The number of nitrogens with zero attached hydrogens (tertiary/aromatic N) is 2. The van der Waals surface area contributed by atoms with Gasteiger partial charge in [0.15, 0.2) is 0 Å². The minimum Gasteiger partial charge on any atom is -0.372 e. The quantitative estimate of drug-likeness (QED) is 0.889. The molecule has 1 N–H and O–H groups in total. The van der Waals surface area contributed by atoms with Crippen LogP contribution in [0.4, 0.5) is 5.69 Å². The highest BCUT2D eigenvalue weighted by Crippen LogP contribution is 2.44. The monoisotopic (exact) mass is 365 g/mol.